The van der Waals surface area contributed by atoms with Gasteiger partial charge in [-0.3, -0.25) is 4.79 Å². The van der Waals surface area contributed by atoms with Crippen molar-refractivity contribution in [2.45, 2.75) is 38.3 Å². The van der Waals surface area contributed by atoms with Gasteiger partial charge in [0.15, 0.2) is 17.3 Å². The lowest BCUT2D eigenvalue weighted by Crippen LogP contribution is -2.27. The van der Waals surface area contributed by atoms with Gasteiger partial charge in [-0.05, 0) is 84.5 Å². The Bertz CT molecular complexity index is 1600. The van der Waals surface area contributed by atoms with Crippen LogP contribution in [0.2, 0.25) is 10.0 Å². The Labute approximate surface area is 250 Å². The molecule has 2 atom stereocenters. The molecule has 5 nitrogen and oxygen atoms in total. The summed E-state index contributed by atoms with van der Waals surface area (Å²) in [6.07, 6.45) is 1.15. The summed E-state index contributed by atoms with van der Waals surface area (Å²) in [6.45, 7) is 2.82. The van der Waals surface area contributed by atoms with E-state index in [1.54, 1.807) is 0 Å². The molecule has 2 aliphatic rings. The number of allylic oxidation sites excluding steroid dienone is 1. The van der Waals surface area contributed by atoms with Crippen molar-refractivity contribution < 1.29 is 14.3 Å². The van der Waals surface area contributed by atoms with Crippen molar-refractivity contribution in [2.24, 2.45) is 0 Å². The van der Waals surface area contributed by atoms with Crippen molar-refractivity contribution in [1.29, 1.82) is 0 Å². The number of ether oxygens (including phenoxy) is 2. The number of Topliss-reactive ketones (excluding diaryl/α,β-unsaturated/α-hetero) is 1. The predicted molar refractivity (Wildman–Crippen MR) is 165 cm³/mol. The van der Waals surface area contributed by atoms with Crippen LogP contribution < -0.4 is 20.1 Å². The van der Waals surface area contributed by atoms with Crippen LogP contribution in [0, 0.1) is 0 Å². The summed E-state index contributed by atoms with van der Waals surface area (Å²) >= 11 is 12.2. The minimum atomic E-state index is -0.357. The van der Waals surface area contributed by atoms with E-state index in [-0.39, 0.29) is 17.7 Å². The molecule has 0 saturated carbocycles. The molecule has 0 unspecified atom stereocenters. The van der Waals surface area contributed by atoms with Gasteiger partial charge in [-0.2, -0.15) is 0 Å². The van der Waals surface area contributed by atoms with Crippen LogP contribution in [0.15, 0.2) is 102 Å². The number of benzene rings is 4. The second kappa shape index (κ2) is 11.9. The maximum atomic E-state index is 13.9. The predicted octanol–water partition coefficient (Wildman–Crippen LogP) is 8.95. The molecule has 1 aliphatic carbocycles. The summed E-state index contributed by atoms with van der Waals surface area (Å²) in [5.74, 6) is 1.46. The average Bonchev–Trinajstić information content (AvgIpc) is 3.15. The van der Waals surface area contributed by atoms with E-state index in [1.165, 1.54) is 0 Å². The highest BCUT2D eigenvalue weighted by atomic mass is 35.5. The summed E-state index contributed by atoms with van der Waals surface area (Å²) in [4.78, 5) is 13.9. The summed E-state index contributed by atoms with van der Waals surface area (Å²) in [7, 11) is 0. The maximum Gasteiger partial charge on any atom is 0.163 e. The van der Waals surface area contributed by atoms with Gasteiger partial charge in [0.2, 0.25) is 0 Å². The first-order valence-electron chi connectivity index (χ1n) is 13.8. The number of fused-ring (bicyclic) bond motifs is 1. The van der Waals surface area contributed by atoms with Crippen molar-refractivity contribution in [3.63, 3.8) is 0 Å². The molecule has 208 valence electrons. The van der Waals surface area contributed by atoms with Gasteiger partial charge >= 0.3 is 0 Å². The Morgan fingerprint density at radius 2 is 1.46 bits per heavy atom. The first-order valence-corrected chi connectivity index (χ1v) is 14.5. The number of ketones is 1. The van der Waals surface area contributed by atoms with Crippen molar-refractivity contribution in [1.82, 2.24) is 0 Å². The Hall–Kier alpha value is -3.93. The SMILES string of the molecule is CCOc1cc([C@H]2Nc3ccccc3NC3=C2C(=O)C[C@H](c2ccc(Cl)cc2)C3)ccc1OCc1ccc(Cl)cc1. The average molecular weight is 586 g/mol. The summed E-state index contributed by atoms with van der Waals surface area (Å²) < 4.78 is 12.2. The molecule has 0 bridgehead atoms. The number of rotatable bonds is 7. The molecule has 1 heterocycles. The van der Waals surface area contributed by atoms with Crippen molar-refractivity contribution >= 4 is 40.4 Å². The molecule has 0 spiro atoms. The van der Waals surface area contributed by atoms with Gasteiger partial charge in [-0.1, -0.05) is 65.7 Å². The molecule has 0 radical (unpaired) electrons. The molecule has 0 saturated heterocycles. The number of anilines is 2. The highest BCUT2D eigenvalue weighted by molar-refractivity contribution is 6.30. The molecule has 2 N–H and O–H groups in total. The fourth-order valence-electron chi connectivity index (χ4n) is 5.55. The minimum absolute atomic E-state index is 0.0690. The van der Waals surface area contributed by atoms with E-state index in [9.17, 15) is 4.79 Å². The van der Waals surface area contributed by atoms with Crippen LogP contribution in [0.5, 0.6) is 11.5 Å². The second-order valence-corrected chi connectivity index (χ2v) is 11.1. The maximum absolute atomic E-state index is 13.9. The normalized spacial score (nSPS) is 18.0. The van der Waals surface area contributed by atoms with Crippen LogP contribution in [0.25, 0.3) is 0 Å². The van der Waals surface area contributed by atoms with Gasteiger partial charge in [-0.25, -0.2) is 0 Å². The van der Waals surface area contributed by atoms with Gasteiger partial charge in [0, 0.05) is 27.7 Å². The van der Waals surface area contributed by atoms with E-state index in [2.05, 4.69) is 10.6 Å². The molecule has 7 heteroatoms. The standard InChI is InChI=1S/C34H30Cl2N2O3/c1-2-40-32-19-23(11-16-31(32)41-20-21-7-12-25(35)13-8-21)34-33-29(37-27-5-3-4-6-28(27)38-34)17-24(18-30(33)39)22-9-14-26(36)15-10-22/h3-16,19,24,34,37-38H,2,17-18,20H2,1H3/t24-,34-/m1/s1. The largest absolute Gasteiger partial charge is 0.490 e. The molecule has 0 amide bonds. The quantitative estimate of drug-likeness (QED) is 0.227. The zero-order valence-corrected chi connectivity index (χ0v) is 24.1. The van der Waals surface area contributed by atoms with E-state index < -0.39 is 0 Å². The van der Waals surface area contributed by atoms with E-state index >= 15 is 0 Å². The van der Waals surface area contributed by atoms with Crippen LogP contribution >= 0.6 is 23.2 Å². The lowest BCUT2D eigenvalue weighted by atomic mass is 9.78. The molecule has 6 rings (SSSR count). The molecule has 0 fully saturated rings. The van der Waals surface area contributed by atoms with Crippen LogP contribution in [0.3, 0.4) is 0 Å². The van der Waals surface area contributed by atoms with Gasteiger partial charge in [-0.15, -0.1) is 0 Å². The van der Waals surface area contributed by atoms with Gasteiger partial charge in [0.1, 0.15) is 6.61 Å². The number of carbonyl (C=O) groups excluding carboxylic acids is 1. The molecule has 0 aromatic heterocycles. The zero-order chi connectivity index (χ0) is 28.3. The van der Waals surface area contributed by atoms with Crippen LogP contribution in [0.1, 0.15) is 48.4 Å². The number of hydrogen-bond donors (Lipinski definition) is 2. The minimum Gasteiger partial charge on any atom is -0.490 e. The van der Waals surface area contributed by atoms with E-state index in [4.69, 9.17) is 32.7 Å². The van der Waals surface area contributed by atoms with E-state index in [0.29, 0.717) is 41.2 Å². The number of hydrogen-bond acceptors (Lipinski definition) is 5. The van der Waals surface area contributed by atoms with Gasteiger partial charge in [0.05, 0.1) is 24.0 Å². The topological polar surface area (TPSA) is 59.6 Å². The van der Waals surface area contributed by atoms with E-state index in [1.807, 2.05) is 97.9 Å². The third-order valence-corrected chi connectivity index (χ3v) is 8.06. The van der Waals surface area contributed by atoms with Crippen LogP contribution in [0.4, 0.5) is 11.4 Å². The fraction of sp³-hybridized carbons (Fsp3) is 0.206. The Kier molecular flexibility index (Phi) is 7.91. The smallest absolute Gasteiger partial charge is 0.163 e. The Morgan fingerprint density at radius 3 is 2.20 bits per heavy atom. The van der Waals surface area contributed by atoms with Gasteiger partial charge in [0.25, 0.3) is 0 Å². The van der Waals surface area contributed by atoms with Crippen molar-refractivity contribution in [3.05, 3.63) is 129 Å². The lowest BCUT2D eigenvalue weighted by molar-refractivity contribution is -0.116. The number of nitrogens with one attached hydrogen (secondary N) is 2. The van der Waals surface area contributed by atoms with Crippen LogP contribution in [-0.2, 0) is 11.4 Å². The third kappa shape index (κ3) is 5.92. The third-order valence-electron chi connectivity index (χ3n) is 7.56. The first kappa shape index (κ1) is 27.3. The number of halogens is 2. The second-order valence-electron chi connectivity index (χ2n) is 10.3. The van der Waals surface area contributed by atoms with Crippen LogP contribution in [-0.4, -0.2) is 12.4 Å². The molecular formula is C34H30Cl2N2O3. The van der Waals surface area contributed by atoms with Gasteiger partial charge < -0.3 is 20.1 Å². The highest BCUT2D eigenvalue weighted by Crippen LogP contribution is 2.45. The lowest BCUT2D eigenvalue weighted by Gasteiger charge is -2.30. The molecule has 1 aliphatic heterocycles. The molecule has 4 aromatic rings. The molecule has 41 heavy (non-hydrogen) atoms. The monoisotopic (exact) mass is 584 g/mol. The summed E-state index contributed by atoms with van der Waals surface area (Å²) in [6, 6.07) is 29.0. The molecule has 4 aromatic carbocycles. The zero-order valence-electron chi connectivity index (χ0n) is 22.6. The Morgan fingerprint density at radius 1 is 0.780 bits per heavy atom. The fourth-order valence-corrected chi connectivity index (χ4v) is 5.80. The highest BCUT2D eigenvalue weighted by Gasteiger charge is 2.36. The number of carbonyl (C=O) groups is 1. The van der Waals surface area contributed by atoms with E-state index in [0.717, 1.165) is 45.8 Å². The first-order chi connectivity index (χ1) is 20.0. The number of para-hydroxylation sites is 2. The van der Waals surface area contributed by atoms with Crippen molar-refractivity contribution in [3.8, 4) is 11.5 Å². The Balaban J connectivity index is 1.36. The molecular weight excluding hydrogens is 555 g/mol. The van der Waals surface area contributed by atoms with Crippen molar-refractivity contribution in [2.75, 3.05) is 17.2 Å². The summed E-state index contributed by atoms with van der Waals surface area (Å²) in [5.41, 5.74) is 6.61. The summed E-state index contributed by atoms with van der Waals surface area (Å²) in [5, 5.41) is 8.63.